The molecule has 0 saturated carbocycles. The molecule has 0 radical (unpaired) electrons. The van der Waals surface area contributed by atoms with E-state index in [0.717, 1.165) is 13.0 Å². The largest absolute Gasteiger partial charge is 0.294 e. The zero-order valence-corrected chi connectivity index (χ0v) is 6.73. The van der Waals surface area contributed by atoms with Crippen molar-refractivity contribution in [2.75, 3.05) is 0 Å². The highest BCUT2D eigenvalue weighted by Crippen LogP contribution is 1.93. The van der Waals surface area contributed by atoms with E-state index in [1.54, 1.807) is 10.9 Å². The van der Waals surface area contributed by atoms with E-state index in [0.29, 0.717) is 6.42 Å². The third kappa shape index (κ3) is 2.71. The smallest absolute Gasteiger partial charge is 0.233 e. The van der Waals surface area contributed by atoms with Gasteiger partial charge in [-0.15, -0.1) is 0 Å². The van der Waals surface area contributed by atoms with E-state index in [4.69, 9.17) is 5.84 Å². The molecule has 0 aromatic carbocycles. The molecule has 1 heterocycles. The van der Waals surface area contributed by atoms with Crippen molar-refractivity contribution in [2.24, 2.45) is 5.84 Å². The fraction of sp³-hybridized carbons (Fsp3) is 0.429. The zero-order valence-electron chi connectivity index (χ0n) is 6.73. The standard InChI is InChI=1S/C7H12N4O/c8-10-7(12)3-1-5-11-6-2-4-9-11/h2,4,6H,1,3,5,8H2,(H,10,12). The monoisotopic (exact) mass is 168 g/mol. The summed E-state index contributed by atoms with van der Waals surface area (Å²) in [5, 5.41) is 3.99. The van der Waals surface area contributed by atoms with Gasteiger partial charge < -0.3 is 0 Å². The molecule has 0 unspecified atom stereocenters. The first-order chi connectivity index (χ1) is 5.83. The Hall–Kier alpha value is -1.36. The van der Waals surface area contributed by atoms with Crippen LogP contribution in [0.25, 0.3) is 0 Å². The van der Waals surface area contributed by atoms with Gasteiger partial charge in [-0.3, -0.25) is 14.9 Å². The first-order valence-electron chi connectivity index (χ1n) is 3.80. The molecule has 0 bridgehead atoms. The Labute approximate surface area is 70.5 Å². The second-order valence-electron chi connectivity index (χ2n) is 2.44. The number of nitrogens with two attached hydrogens (primary N) is 1. The summed E-state index contributed by atoms with van der Waals surface area (Å²) in [7, 11) is 0. The molecule has 1 amide bonds. The lowest BCUT2D eigenvalue weighted by Gasteiger charge is -2.00. The molecule has 5 heteroatoms. The van der Waals surface area contributed by atoms with E-state index in [1.165, 1.54) is 0 Å². The Morgan fingerprint density at radius 2 is 2.50 bits per heavy atom. The lowest BCUT2D eigenvalue weighted by Crippen LogP contribution is -2.29. The van der Waals surface area contributed by atoms with Gasteiger partial charge in [-0.1, -0.05) is 0 Å². The minimum Gasteiger partial charge on any atom is -0.294 e. The van der Waals surface area contributed by atoms with Crippen molar-refractivity contribution in [3.63, 3.8) is 0 Å². The summed E-state index contributed by atoms with van der Waals surface area (Å²) in [4.78, 5) is 10.7. The first kappa shape index (κ1) is 8.73. The number of nitrogens with zero attached hydrogens (tertiary/aromatic N) is 2. The number of carbonyl (C=O) groups excluding carboxylic acids is 1. The number of hydrogen-bond donors (Lipinski definition) is 2. The molecule has 66 valence electrons. The number of hydrogen-bond acceptors (Lipinski definition) is 3. The summed E-state index contributed by atoms with van der Waals surface area (Å²) < 4.78 is 1.78. The molecular weight excluding hydrogens is 156 g/mol. The van der Waals surface area contributed by atoms with Crippen molar-refractivity contribution in [3.05, 3.63) is 18.5 Å². The van der Waals surface area contributed by atoms with Gasteiger partial charge in [-0.05, 0) is 12.5 Å². The lowest BCUT2D eigenvalue weighted by molar-refractivity contribution is -0.121. The number of nitrogens with one attached hydrogen (secondary N) is 1. The van der Waals surface area contributed by atoms with Gasteiger partial charge in [0, 0.05) is 25.4 Å². The van der Waals surface area contributed by atoms with Crippen LogP contribution in [0.15, 0.2) is 18.5 Å². The molecule has 0 atom stereocenters. The third-order valence-electron chi connectivity index (χ3n) is 1.51. The molecule has 1 aromatic rings. The summed E-state index contributed by atoms with van der Waals surface area (Å²) >= 11 is 0. The maximum Gasteiger partial charge on any atom is 0.233 e. The van der Waals surface area contributed by atoms with Gasteiger partial charge >= 0.3 is 0 Å². The third-order valence-corrected chi connectivity index (χ3v) is 1.51. The number of rotatable bonds is 4. The maximum atomic E-state index is 10.7. The second-order valence-corrected chi connectivity index (χ2v) is 2.44. The van der Waals surface area contributed by atoms with Gasteiger partial charge in [0.15, 0.2) is 0 Å². The summed E-state index contributed by atoms with van der Waals surface area (Å²) in [5.41, 5.74) is 2.08. The molecule has 0 fully saturated rings. The number of hydrazine groups is 1. The maximum absolute atomic E-state index is 10.7. The van der Waals surface area contributed by atoms with Crippen LogP contribution in [0.4, 0.5) is 0 Å². The second kappa shape index (κ2) is 4.50. The average molecular weight is 168 g/mol. The van der Waals surface area contributed by atoms with Crippen LogP contribution in [-0.4, -0.2) is 15.7 Å². The van der Waals surface area contributed by atoms with Crippen LogP contribution in [-0.2, 0) is 11.3 Å². The molecule has 1 aromatic heterocycles. The highest BCUT2D eigenvalue weighted by molar-refractivity contribution is 5.74. The van der Waals surface area contributed by atoms with Gasteiger partial charge in [-0.2, -0.15) is 5.10 Å². The van der Waals surface area contributed by atoms with Crippen molar-refractivity contribution in [1.82, 2.24) is 15.2 Å². The van der Waals surface area contributed by atoms with Gasteiger partial charge in [0.05, 0.1) is 0 Å². The van der Waals surface area contributed by atoms with E-state index in [1.807, 2.05) is 12.3 Å². The van der Waals surface area contributed by atoms with E-state index in [-0.39, 0.29) is 5.91 Å². The fourth-order valence-electron chi connectivity index (χ4n) is 0.906. The molecule has 0 saturated heterocycles. The summed E-state index contributed by atoms with van der Waals surface area (Å²) in [6.45, 7) is 0.750. The van der Waals surface area contributed by atoms with E-state index in [9.17, 15) is 4.79 Å². The van der Waals surface area contributed by atoms with Crippen LogP contribution in [0.2, 0.25) is 0 Å². The number of carbonyl (C=O) groups is 1. The number of aryl methyl sites for hydroxylation is 1. The van der Waals surface area contributed by atoms with Crippen molar-refractivity contribution in [3.8, 4) is 0 Å². The Balaban J connectivity index is 2.15. The Bertz CT molecular complexity index is 232. The summed E-state index contributed by atoms with van der Waals surface area (Å²) in [6, 6.07) is 1.85. The summed E-state index contributed by atoms with van der Waals surface area (Å²) in [5.74, 6) is 4.77. The molecule has 1 rings (SSSR count). The van der Waals surface area contributed by atoms with Gasteiger partial charge in [0.1, 0.15) is 0 Å². The van der Waals surface area contributed by atoms with Crippen LogP contribution in [0.1, 0.15) is 12.8 Å². The normalized spacial score (nSPS) is 9.75. The number of aromatic nitrogens is 2. The predicted molar refractivity (Wildman–Crippen MR) is 43.8 cm³/mol. The lowest BCUT2D eigenvalue weighted by atomic mass is 10.3. The topological polar surface area (TPSA) is 72.9 Å². The molecule has 3 N–H and O–H groups in total. The van der Waals surface area contributed by atoms with Crippen molar-refractivity contribution in [1.29, 1.82) is 0 Å². The van der Waals surface area contributed by atoms with Crippen LogP contribution in [0, 0.1) is 0 Å². The average Bonchev–Trinajstić information content (AvgIpc) is 2.57. The zero-order chi connectivity index (χ0) is 8.81. The Morgan fingerprint density at radius 3 is 3.08 bits per heavy atom. The van der Waals surface area contributed by atoms with E-state index < -0.39 is 0 Å². The van der Waals surface area contributed by atoms with E-state index in [2.05, 4.69) is 10.5 Å². The van der Waals surface area contributed by atoms with Crippen molar-refractivity contribution in [2.45, 2.75) is 19.4 Å². The van der Waals surface area contributed by atoms with Gasteiger partial charge in [0.25, 0.3) is 0 Å². The highest BCUT2D eigenvalue weighted by atomic mass is 16.2. The Kier molecular flexibility index (Phi) is 3.28. The van der Waals surface area contributed by atoms with Gasteiger partial charge in [0.2, 0.25) is 5.91 Å². The van der Waals surface area contributed by atoms with Crippen molar-refractivity contribution < 1.29 is 4.79 Å². The van der Waals surface area contributed by atoms with Crippen LogP contribution in [0.3, 0.4) is 0 Å². The SMILES string of the molecule is NNC(=O)CCCn1cccn1. The predicted octanol–water partition coefficient (Wildman–Crippen LogP) is -0.347. The van der Waals surface area contributed by atoms with Gasteiger partial charge in [-0.25, -0.2) is 5.84 Å². The molecule has 0 aliphatic rings. The van der Waals surface area contributed by atoms with Crippen LogP contribution >= 0.6 is 0 Å². The molecular formula is C7H12N4O. The highest BCUT2D eigenvalue weighted by Gasteiger charge is 1.97. The minimum atomic E-state index is -0.137. The van der Waals surface area contributed by atoms with Crippen molar-refractivity contribution >= 4 is 5.91 Å². The Morgan fingerprint density at radius 1 is 1.67 bits per heavy atom. The van der Waals surface area contributed by atoms with Crippen LogP contribution < -0.4 is 11.3 Å². The molecule has 0 spiro atoms. The molecule has 0 aliphatic carbocycles. The molecule has 0 aliphatic heterocycles. The molecule has 12 heavy (non-hydrogen) atoms. The number of amides is 1. The van der Waals surface area contributed by atoms with E-state index >= 15 is 0 Å². The first-order valence-corrected chi connectivity index (χ1v) is 3.80. The van der Waals surface area contributed by atoms with Crippen LogP contribution in [0.5, 0.6) is 0 Å². The summed E-state index contributed by atoms with van der Waals surface area (Å²) in [6.07, 6.45) is 4.77. The quantitative estimate of drug-likeness (QED) is 0.367. The minimum absolute atomic E-state index is 0.137. The fourth-order valence-corrected chi connectivity index (χ4v) is 0.906. The molecule has 5 nitrogen and oxygen atoms in total.